The number of ether oxygens (including phenoxy) is 2. The molecule has 4 rings (SSSR count). The number of benzene rings is 2. The topological polar surface area (TPSA) is 120 Å². The van der Waals surface area contributed by atoms with Gasteiger partial charge in [-0.25, -0.2) is 0 Å². The van der Waals surface area contributed by atoms with Crippen molar-refractivity contribution in [1.29, 1.82) is 0 Å². The number of carbonyl (C=O) groups is 4. The van der Waals surface area contributed by atoms with E-state index in [0.717, 1.165) is 62.9 Å². The molecule has 0 bridgehead atoms. The SMILES string of the molecule is CCn1c(-c2cccnc2C(C)OC)c(CC(C)(C)COC(C)=O)c2cc(-c3cccc(CC(C=O)NC(=O)C(C(C)C)N(C)C=O)c3)ccc21. The first-order valence-electron chi connectivity index (χ1n) is 17.5. The molecule has 272 valence electrons. The second-order valence-electron chi connectivity index (χ2n) is 14.4. The summed E-state index contributed by atoms with van der Waals surface area (Å²) in [5.74, 6) is -0.802. The van der Waals surface area contributed by atoms with Crippen molar-refractivity contribution in [2.45, 2.75) is 86.0 Å². The minimum absolute atomic E-state index is 0.126. The van der Waals surface area contributed by atoms with E-state index in [1.165, 1.54) is 11.8 Å². The number of aromatic nitrogens is 2. The summed E-state index contributed by atoms with van der Waals surface area (Å²) in [5, 5.41) is 3.92. The lowest BCUT2D eigenvalue weighted by Gasteiger charge is -2.28. The predicted molar refractivity (Wildman–Crippen MR) is 200 cm³/mol. The van der Waals surface area contributed by atoms with Crippen LogP contribution in [0.1, 0.15) is 71.4 Å². The van der Waals surface area contributed by atoms with Crippen molar-refractivity contribution in [2.75, 3.05) is 20.8 Å². The van der Waals surface area contributed by atoms with Crippen LogP contribution in [0.15, 0.2) is 60.8 Å². The molecule has 0 radical (unpaired) electrons. The molecule has 2 aromatic carbocycles. The summed E-state index contributed by atoms with van der Waals surface area (Å²) in [5.41, 5.74) is 7.59. The third-order valence-electron chi connectivity index (χ3n) is 9.35. The van der Waals surface area contributed by atoms with Gasteiger partial charge in [0.15, 0.2) is 0 Å². The molecule has 0 fully saturated rings. The van der Waals surface area contributed by atoms with Crippen LogP contribution in [0.4, 0.5) is 0 Å². The van der Waals surface area contributed by atoms with E-state index in [9.17, 15) is 19.2 Å². The summed E-state index contributed by atoms with van der Waals surface area (Å²) in [6.45, 7) is 14.5. The first-order chi connectivity index (χ1) is 24.2. The third-order valence-corrected chi connectivity index (χ3v) is 9.35. The fourth-order valence-corrected chi connectivity index (χ4v) is 6.86. The third kappa shape index (κ3) is 9.10. The summed E-state index contributed by atoms with van der Waals surface area (Å²) in [7, 11) is 3.25. The molecule has 2 amide bonds. The predicted octanol–water partition coefficient (Wildman–Crippen LogP) is 6.57. The standard InChI is InChI=1S/C41H52N4O6/c1-10-45-36-17-16-31(30-14-11-13-29(19-30)20-32(23-46)43-40(49)38(26(2)3)44(8)25-47)21-34(36)35(22-41(6,7)24-51-28(5)48)39(45)33-15-12-18-42-37(33)27(4)50-9/h11-19,21,23,25-27,32,38H,10,20,22,24H2,1-9H3,(H,43,49). The van der Waals surface area contributed by atoms with Crippen LogP contribution < -0.4 is 5.32 Å². The van der Waals surface area contributed by atoms with Gasteiger partial charge in [0, 0.05) is 55.7 Å². The number of carbonyl (C=O) groups excluding carboxylic acids is 4. The van der Waals surface area contributed by atoms with E-state index in [-0.39, 0.29) is 35.9 Å². The van der Waals surface area contributed by atoms with Crippen molar-refractivity contribution in [3.05, 3.63) is 77.6 Å². The normalized spacial score (nSPS) is 13.5. The Labute approximate surface area is 301 Å². The number of amides is 2. The van der Waals surface area contributed by atoms with E-state index in [1.807, 2.05) is 51.1 Å². The molecule has 3 unspecified atom stereocenters. The summed E-state index contributed by atoms with van der Waals surface area (Å²) in [6, 6.07) is 17.0. The van der Waals surface area contributed by atoms with Crippen molar-refractivity contribution in [2.24, 2.45) is 11.3 Å². The Morgan fingerprint density at radius 2 is 1.76 bits per heavy atom. The van der Waals surface area contributed by atoms with E-state index >= 15 is 0 Å². The summed E-state index contributed by atoms with van der Waals surface area (Å²) in [6.07, 6.45) is 3.86. The summed E-state index contributed by atoms with van der Waals surface area (Å²) < 4.78 is 13.6. The van der Waals surface area contributed by atoms with Gasteiger partial charge in [-0.05, 0) is 79.1 Å². The zero-order valence-electron chi connectivity index (χ0n) is 31.4. The maximum atomic E-state index is 13.1. The maximum Gasteiger partial charge on any atom is 0.302 e. The highest BCUT2D eigenvalue weighted by Crippen LogP contribution is 2.41. The molecule has 2 heterocycles. The van der Waals surface area contributed by atoms with Gasteiger partial charge in [0.25, 0.3) is 0 Å². The Morgan fingerprint density at radius 1 is 1.04 bits per heavy atom. The van der Waals surface area contributed by atoms with Crippen LogP contribution in [0.2, 0.25) is 0 Å². The minimum Gasteiger partial charge on any atom is -0.465 e. The number of methoxy groups -OCH3 is 1. The van der Waals surface area contributed by atoms with Gasteiger partial charge in [0.1, 0.15) is 12.3 Å². The number of aryl methyl sites for hydroxylation is 1. The Kier molecular flexibility index (Phi) is 12.9. The van der Waals surface area contributed by atoms with Gasteiger partial charge < -0.3 is 29.1 Å². The van der Waals surface area contributed by atoms with Gasteiger partial charge in [-0.3, -0.25) is 19.4 Å². The van der Waals surface area contributed by atoms with Crippen LogP contribution >= 0.6 is 0 Å². The molecule has 0 saturated heterocycles. The number of pyridine rings is 1. The summed E-state index contributed by atoms with van der Waals surface area (Å²) >= 11 is 0. The molecule has 4 aromatic rings. The lowest BCUT2D eigenvalue weighted by atomic mass is 9.84. The van der Waals surface area contributed by atoms with Crippen molar-refractivity contribution in [1.82, 2.24) is 19.8 Å². The molecule has 0 aliphatic heterocycles. The van der Waals surface area contributed by atoms with Crippen molar-refractivity contribution >= 4 is 35.5 Å². The molecule has 10 nitrogen and oxygen atoms in total. The molecular weight excluding hydrogens is 644 g/mol. The second kappa shape index (κ2) is 16.9. The van der Waals surface area contributed by atoms with Crippen LogP contribution in [0.5, 0.6) is 0 Å². The smallest absolute Gasteiger partial charge is 0.302 e. The number of hydrogen-bond donors (Lipinski definition) is 1. The van der Waals surface area contributed by atoms with Gasteiger partial charge in [0.2, 0.25) is 12.3 Å². The van der Waals surface area contributed by atoms with E-state index < -0.39 is 12.1 Å². The number of rotatable bonds is 17. The Morgan fingerprint density at radius 3 is 2.39 bits per heavy atom. The van der Waals surface area contributed by atoms with E-state index in [0.29, 0.717) is 19.3 Å². The lowest BCUT2D eigenvalue weighted by molar-refractivity contribution is -0.144. The first-order valence-corrected chi connectivity index (χ1v) is 17.5. The number of nitrogens with one attached hydrogen (secondary N) is 1. The van der Waals surface area contributed by atoms with Crippen LogP contribution in [0.3, 0.4) is 0 Å². The highest BCUT2D eigenvalue weighted by Gasteiger charge is 2.30. The molecule has 10 heteroatoms. The highest BCUT2D eigenvalue weighted by molar-refractivity contribution is 5.95. The Balaban J connectivity index is 1.80. The molecular formula is C41H52N4O6. The fourth-order valence-electron chi connectivity index (χ4n) is 6.86. The number of hydrogen-bond acceptors (Lipinski definition) is 7. The van der Waals surface area contributed by atoms with Gasteiger partial charge in [0.05, 0.1) is 30.1 Å². The van der Waals surface area contributed by atoms with Gasteiger partial charge in [-0.1, -0.05) is 58.0 Å². The Hall–Kier alpha value is -4.83. The Bertz CT molecular complexity index is 1860. The second-order valence-corrected chi connectivity index (χ2v) is 14.4. The molecule has 0 aliphatic rings. The molecule has 0 spiro atoms. The molecule has 0 saturated carbocycles. The zero-order valence-corrected chi connectivity index (χ0v) is 31.4. The van der Waals surface area contributed by atoms with Crippen LogP contribution in [-0.2, 0) is 48.0 Å². The first kappa shape index (κ1) is 39.0. The largest absolute Gasteiger partial charge is 0.465 e. The molecule has 1 N–H and O–H groups in total. The molecule has 2 aromatic heterocycles. The number of esters is 1. The van der Waals surface area contributed by atoms with E-state index in [1.54, 1.807) is 20.4 Å². The van der Waals surface area contributed by atoms with Crippen LogP contribution in [0, 0.1) is 11.3 Å². The van der Waals surface area contributed by atoms with E-state index in [2.05, 4.69) is 54.9 Å². The van der Waals surface area contributed by atoms with Gasteiger partial charge in [-0.15, -0.1) is 0 Å². The van der Waals surface area contributed by atoms with Crippen molar-refractivity contribution < 1.29 is 28.7 Å². The van der Waals surface area contributed by atoms with Crippen LogP contribution in [0.25, 0.3) is 33.3 Å². The zero-order chi connectivity index (χ0) is 37.5. The van der Waals surface area contributed by atoms with E-state index in [4.69, 9.17) is 14.5 Å². The maximum absolute atomic E-state index is 13.1. The molecule has 3 atom stereocenters. The molecule has 51 heavy (non-hydrogen) atoms. The van der Waals surface area contributed by atoms with Gasteiger partial charge >= 0.3 is 5.97 Å². The monoisotopic (exact) mass is 696 g/mol. The number of likely N-dealkylation sites (N-methyl/N-ethyl adjacent to an activating group) is 1. The number of fused-ring (bicyclic) bond motifs is 1. The summed E-state index contributed by atoms with van der Waals surface area (Å²) in [4.78, 5) is 54.5. The van der Waals surface area contributed by atoms with Crippen LogP contribution in [-0.4, -0.2) is 71.9 Å². The fraction of sp³-hybridized carbons (Fsp3) is 0.439. The highest BCUT2D eigenvalue weighted by atomic mass is 16.5. The van der Waals surface area contributed by atoms with Crippen molar-refractivity contribution in [3.63, 3.8) is 0 Å². The number of aldehydes is 1. The molecule has 0 aliphatic carbocycles. The quantitative estimate of drug-likeness (QED) is 0.0980. The number of nitrogens with zero attached hydrogens (tertiary/aromatic N) is 3. The van der Waals surface area contributed by atoms with Crippen molar-refractivity contribution in [3.8, 4) is 22.4 Å². The lowest BCUT2D eigenvalue weighted by Crippen LogP contribution is -2.51. The average Bonchev–Trinajstić information content (AvgIpc) is 3.41. The minimum atomic E-state index is -0.757. The average molecular weight is 697 g/mol. The van der Waals surface area contributed by atoms with Gasteiger partial charge in [-0.2, -0.15) is 0 Å².